The summed E-state index contributed by atoms with van der Waals surface area (Å²) in [7, 11) is 0. The maximum atomic E-state index is 12.3. The molecule has 21 heavy (non-hydrogen) atoms. The molecule has 0 spiro atoms. The largest absolute Gasteiger partial charge is 0.460 e. The van der Waals surface area contributed by atoms with Crippen molar-refractivity contribution in [3.05, 3.63) is 49.5 Å². The predicted octanol–water partition coefficient (Wildman–Crippen LogP) is 0.955. The second-order valence-electron chi connectivity index (χ2n) is 5.01. The first kappa shape index (κ1) is 13.8. The highest BCUT2D eigenvalue weighted by molar-refractivity contribution is 7.07. The molecule has 1 aromatic carbocycles. The number of aromatic nitrogens is 1. The average Bonchev–Trinajstić information content (AvgIpc) is 2.72. The molecule has 1 aliphatic heterocycles. The zero-order valence-corrected chi connectivity index (χ0v) is 12.5. The second kappa shape index (κ2) is 5.29. The molecule has 2 heterocycles. The third-order valence-electron chi connectivity index (χ3n) is 3.03. The molecule has 3 rings (SSSR count). The van der Waals surface area contributed by atoms with Gasteiger partial charge in [0.25, 0.3) is 5.56 Å². The van der Waals surface area contributed by atoms with Crippen molar-refractivity contribution in [3.8, 4) is 0 Å². The first-order chi connectivity index (χ1) is 10.0. The number of hydrogen-bond donors (Lipinski definition) is 0. The van der Waals surface area contributed by atoms with Gasteiger partial charge in [-0.1, -0.05) is 29.5 Å². The number of ether oxygens (including phenoxy) is 1. The van der Waals surface area contributed by atoms with Crippen LogP contribution in [0, 0.1) is 0 Å². The zero-order chi connectivity index (χ0) is 15.0. The molecule has 0 N–H and O–H groups in total. The summed E-state index contributed by atoms with van der Waals surface area (Å²) in [6.45, 7) is 4.02. The third-order valence-corrected chi connectivity index (χ3v) is 4.03. The van der Waals surface area contributed by atoms with Crippen LogP contribution in [-0.2, 0) is 16.1 Å². The van der Waals surface area contributed by atoms with Crippen LogP contribution in [0.25, 0.3) is 6.08 Å². The summed E-state index contributed by atoms with van der Waals surface area (Å²) < 4.78 is 6.98. The van der Waals surface area contributed by atoms with Crippen LogP contribution in [0.4, 0.5) is 5.69 Å². The highest BCUT2D eigenvalue weighted by Gasteiger charge is 2.14. The Labute approximate surface area is 124 Å². The van der Waals surface area contributed by atoms with Crippen molar-refractivity contribution in [3.63, 3.8) is 0 Å². The monoisotopic (exact) mass is 302 g/mol. The van der Waals surface area contributed by atoms with Gasteiger partial charge in [0.05, 0.1) is 18.3 Å². The van der Waals surface area contributed by atoms with E-state index in [0.717, 1.165) is 11.3 Å². The number of carbonyl (C=O) groups is 1. The zero-order valence-electron chi connectivity index (χ0n) is 11.7. The van der Waals surface area contributed by atoms with Gasteiger partial charge in [-0.3, -0.25) is 9.36 Å². The molecule has 0 saturated carbocycles. The van der Waals surface area contributed by atoms with Gasteiger partial charge in [0, 0.05) is 6.08 Å². The van der Waals surface area contributed by atoms with Crippen LogP contribution in [0.1, 0.15) is 19.4 Å². The smallest absolute Gasteiger partial charge is 0.332 e. The van der Waals surface area contributed by atoms with E-state index in [1.165, 1.54) is 17.4 Å². The van der Waals surface area contributed by atoms with Crippen molar-refractivity contribution < 1.29 is 9.53 Å². The lowest BCUT2D eigenvalue weighted by Gasteiger charge is -2.10. The van der Waals surface area contributed by atoms with Gasteiger partial charge in [-0.25, -0.2) is 9.79 Å². The topological polar surface area (TPSA) is 60.7 Å². The van der Waals surface area contributed by atoms with Crippen LogP contribution >= 0.6 is 11.3 Å². The molecule has 5 nitrogen and oxygen atoms in total. The Bertz CT molecular complexity index is 877. The molecular weight excluding hydrogens is 288 g/mol. The van der Waals surface area contributed by atoms with Crippen molar-refractivity contribution in [1.82, 2.24) is 4.57 Å². The highest BCUT2D eigenvalue weighted by atomic mass is 32.1. The lowest BCUT2D eigenvalue weighted by molar-refractivity contribution is -0.139. The Morgan fingerprint density at radius 3 is 2.95 bits per heavy atom. The molecular formula is C15H14N2O3S. The molecule has 0 amide bonds. The lowest BCUT2D eigenvalue weighted by atomic mass is 10.1. The van der Waals surface area contributed by atoms with Gasteiger partial charge in [-0.2, -0.15) is 0 Å². The molecule has 1 aromatic heterocycles. The molecule has 0 bridgehead atoms. The van der Waals surface area contributed by atoms with E-state index in [-0.39, 0.29) is 11.7 Å². The number of benzene rings is 1. The minimum atomic E-state index is -0.501. The summed E-state index contributed by atoms with van der Waals surface area (Å²) in [4.78, 5) is 29.1. The molecule has 0 fully saturated rings. The summed E-state index contributed by atoms with van der Waals surface area (Å²) in [6, 6.07) is 7.70. The number of carbonyl (C=O) groups excluding carboxylic acids is 1. The van der Waals surface area contributed by atoms with E-state index < -0.39 is 5.97 Å². The first-order valence-electron chi connectivity index (χ1n) is 6.63. The van der Waals surface area contributed by atoms with Gasteiger partial charge in [0.15, 0.2) is 4.80 Å². The summed E-state index contributed by atoms with van der Waals surface area (Å²) in [5.41, 5.74) is 1.67. The van der Waals surface area contributed by atoms with Gasteiger partial charge in [-0.15, -0.1) is 0 Å². The Hall–Kier alpha value is -2.21. The molecule has 108 valence electrons. The third kappa shape index (κ3) is 2.67. The van der Waals surface area contributed by atoms with Crippen molar-refractivity contribution in [2.45, 2.75) is 26.5 Å². The highest BCUT2D eigenvalue weighted by Crippen LogP contribution is 2.20. The number of nitrogens with zero attached hydrogens (tertiary/aromatic N) is 2. The maximum absolute atomic E-state index is 12.3. The van der Waals surface area contributed by atoms with Gasteiger partial charge in [-0.05, 0) is 25.5 Å². The van der Waals surface area contributed by atoms with Crippen molar-refractivity contribution in [1.29, 1.82) is 0 Å². The molecule has 0 radical (unpaired) electrons. The van der Waals surface area contributed by atoms with Crippen LogP contribution in [0.15, 0.2) is 34.1 Å². The number of thiazole rings is 1. The van der Waals surface area contributed by atoms with E-state index in [2.05, 4.69) is 4.99 Å². The molecule has 0 atom stereocenters. The summed E-state index contributed by atoms with van der Waals surface area (Å²) in [5, 5.41) is 0. The molecule has 1 aliphatic rings. The number of hydrogen-bond acceptors (Lipinski definition) is 5. The van der Waals surface area contributed by atoms with E-state index >= 15 is 0 Å². The minimum Gasteiger partial charge on any atom is -0.460 e. The van der Waals surface area contributed by atoms with Crippen LogP contribution in [0.5, 0.6) is 0 Å². The number of para-hydroxylation sites is 1. The Kier molecular flexibility index (Phi) is 3.47. The van der Waals surface area contributed by atoms with E-state index in [1.807, 2.05) is 24.3 Å². The lowest BCUT2D eigenvalue weighted by Crippen LogP contribution is -2.33. The summed E-state index contributed by atoms with van der Waals surface area (Å²) in [6.07, 6.45) is 1.04. The summed E-state index contributed by atoms with van der Waals surface area (Å²) in [5.74, 6) is -0.501. The molecule has 0 saturated heterocycles. The average molecular weight is 302 g/mol. The second-order valence-corrected chi connectivity index (χ2v) is 6.02. The van der Waals surface area contributed by atoms with Crippen molar-refractivity contribution in [2.75, 3.05) is 0 Å². The SMILES string of the molecule is CC(C)OC(=O)/C=c1/sc2n(c1=O)Cc1ccccc1N=2. The standard InChI is InChI=1S/C15H14N2O3S/c1-9(2)20-13(18)7-12-14(19)17-8-10-5-3-4-6-11(10)16-15(17)21-12/h3-7,9H,8H2,1-2H3/b12-7+. The number of esters is 1. The van der Waals surface area contributed by atoms with E-state index in [0.29, 0.717) is 15.9 Å². The minimum absolute atomic E-state index is 0.200. The van der Waals surface area contributed by atoms with Crippen LogP contribution in [-0.4, -0.2) is 16.6 Å². The summed E-state index contributed by atoms with van der Waals surface area (Å²) >= 11 is 1.21. The van der Waals surface area contributed by atoms with Gasteiger partial charge >= 0.3 is 5.97 Å². The predicted molar refractivity (Wildman–Crippen MR) is 80.3 cm³/mol. The van der Waals surface area contributed by atoms with Crippen LogP contribution < -0.4 is 14.9 Å². The van der Waals surface area contributed by atoms with Gasteiger partial charge < -0.3 is 4.74 Å². The number of fused-ring (bicyclic) bond motifs is 2. The van der Waals surface area contributed by atoms with Crippen LogP contribution in [0.3, 0.4) is 0 Å². The maximum Gasteiger partial charge on any atom is 0.332 e. The first-order valence-corrected chi connectivity index (χ1v) is 7.45. The molecule has 6 heteroatoms. The Morgan fingerprint density at radius 1 is 1.43 bits per heavy atom. The van der Waals surface area contributed by atoms with E-state index in [9.17, 15) is 9.59 Å². The van der Waals surface area contributed by atoms with Crippen LogP contribution in [0.2, 0.25) is 0 Å². The molecule has 2 aromatic rings. The Balaban J connectivity index is 2.08. The van der Waals surface area contributed by atoms with Gasteiger partial charge in [0.2, 0.25) is 0 Å². The normalized spacial score (nSPS) is 13.6. The van der Waals surface area contributed by atoms with E-state index in [1.54, 1.807) is 18.4 Å². The fourth-order valence-electron chi connectivity index (χ4n) is 2.13. The fraction of sp³-hybridized carbons (Fsp3) is 0.267. The van der Waals surface area contributed by atoms with Crippen molar-refractivity contribution in [2.24, 2.45) is 4.99 Å². The van der Waals surface area contributed by atoms with E-state index in [4.69, 9.17) is 4.74 Å². The Morgan fingerprint density at radius 2 is 2.19 bits per heavy atom. The molecule has 0 unspecified atom stereocenters. The number of rotatable bonds is 2. The van der Waals surface area contributed by atoms with Crippen molar-refractivity contribution >= 4 is 29.1 Å². The fourth-order valence-corrected chi connectivity index (χ4v) is 3.08. The quantitative estimate of drug-likeness (QED) is 0.662. The van der Waals surface area contributed by atoms with Gasteiger partial charge in [0.1, 0.15) is 4.53 Å². The molecule has 0 aliphatic carbocycles.